The second kappa shape index (κ2) is 6.15. The van der Waals surface area contributed by atoms with Crippen LogP contribution in [0.2, 0.25) is 0 Å². The lowest BCUT2D eigenvalue weighted by Crippen LogP contribution is -2.13. The summed E-state index contributed by atoms with van der Waals surface area (Å²) in [6.45, 7) is 0. The van der Waals surface area contributed by atoms with Gasteiger partial charge in [-0.25, -0.2) is 8.78 Å². The van der Waals surface area contributed by atoms with Crippen molar-refractivity contribution in [2.24, 2.45) is 5.73 Å². The number of hydrogen-bond donors (Lipinski definition) is 2. The molecule has 104 valence electrons. The van der Waals surface area contributed by atoms with E-state index in [-0.39, 0.29) is 16.2 Å². The molecule has 0 aliphatic heterocycles. The zero-order chi connectivity index (χ0) is 14.9. The summed E-state index contributed by atoms with van der Waals surface area (Å²) in [4.78, 5) is -0.183. The zero-order valence-corrected chi connectivity index (χ0v) is 13.9. The maximum absolute atomic E-state index is 13.9. The van der Waals surface area contributed by atoms with Crippen molar-refractivity contribution in [3.05, 3.63) is 56.5 Å². The van der Waals surface area contributed by atoms with Gasteiger partial charge in [-0.15, -0.1) is 0 Å². The molecule has 2 nitrogen and oxygen atoms in total. The smallest absolute Gasteiger partial charge is 0.182 e. The fourth-order valence-corrected chi connectivity index (χ4v) is 2.88. The molecule has 0 aromatic heterocycles. The highest BCUT2D eigenvalue weighted by atomic mass is 79.9. The number of nitrogens with one attached hydrogen (secondary N) is 1. The maximum Gasteiger partial charge on any atom is 0.182 e. The van der Waals surface area contributed by atoms with Crippen LogP contribution in [0.25, 0.3) is 0 Å². The molecular weight excluding hydrogens is 414 g/mol. The Morgan fingerprint density at radius 2 is 1.70 bits per heavy atom. The molecule has 0 unspecified atom stereocenters. The number of thiocarbonyl (C=S) groups is 1. The van der Waals surface area contributed by atoms with E-state index in [0.29, 0.717) is 10.2 Å². The quantitative estimate of drug-likeness (QED) is 0.694. The van der Waals surface area contributed by atoms with E-state index in [0.717, 1.165) is 4.47 Å². The van der Waals surface area contributed by atoms with Gasteiger partial charge in [0.15, 0.2) is 11.6 Å². The molecule has 7 heteroatoms. The average molecular weight is 422 g/mol. The Hall–Kier alpha value is -1.05. The SMILES string of the molecule is NC(=S)c1ccc(Nc2ccc(Br)cc2Br)c(F)c1F. The van der Waals surface area contributed by atoms with Crippen molar-refractivity contribution in [1.82, 2.24) is 0 Å². The van der Waals surface area contributed by atoms with Gasteiger partial charge in [-0.1, -0.05) is 28.1 Å². The van der Waals surface area contributed by atoms with Crippen molar-refractivity contribution < 1.29 is 8.78 Å². The molecule has 0 saturated carbocycles. The van der Waals surface area contributed by atoms with Gasteiger partial charge in [0.1, 0.15) is 4.99 Å². The molecule has 3 N–H and O–H groups in total. The van der Waals surface area contributed by atoms with Gasteiger partial charge in [0, 0.05) is 14.5 Å². The Morgan fingerprint density at radius 3 is 2.30 bits per heavy atom. The van der Waals surface area contributed by atoms with Gasteiger partial charge in [0.05, 0.1) is 11.4 Å². The molecule has 2 rings (SSSR count). The summed E-state index contributed by atoms with van der Waals surface area (Å²) in [6.07, 6.45) is 0. The largest absolute Gasteiger partial charge is 0.389 e. The monoisotopic (exact) mass is 420 g/mol. The standard InChI is InChI=1S/C13H8Br2F2N2S/c14-6-1-3-9(8(15)5-6)19-10-4-2-7(13(18)20)11(16)12(10)17/h1-5,19H,(H2,18,20). The number of nitrogens with two attached hydrogens (primary N) is 1. The summed E-state index contributed by atoms with van der Waals surface area (Å²) < 4.78 is 29.3. The maximum atomic E-state index is 13.9. The molecule has 0 fully saturated rings. The van der Waals surface area contributed by atoms with Gasteiger partial charge in [-0.3, -0.25) is 0 Å². The Labute approximate surface area is 136 Å². The number of anilines is 2. The number of rotatable bonds is 3. The topological polar surface area (TPSA) is 38.0 Å². The highest BCUT2D eigenvalue weighted by molar-refractivity contribution is 9.11. The number of hydrogen-bond acceptors (Lipinski definition) is 2. The van der Waals surface area contributed by atoms with Crippen molar-refractivity contribution >= 4 is 60.4 Å². The molecule has 2 aromatic carbocycles. The first-order valence-corrected chi connectivity index (χ1v) is 7.39. The van der Waals surface area contributed by atoms with Crippen molar-refractivity contribution in [2.75, 3.05) is 5.32 Å². The van der Waals surface area contributed by atoms with Crippen LogP contribution in [-0.4, -0.2) is 4.99 Å². The van der Waals surface area contributed by atoms with Crippen LogP contribution in [-0.2, 0) is 0 Å². The molecule has 0 spiro atoms. The third-order valence-corrected chi connectivity index (χ3v) is 3.92. The highest BCUT2D eigenvalue weighted by Gasteiger charge is 2.15. The Kier molecular flexibility index (Phi) is 4.72. The molecule has 0 amide bonds. The molecule has 0 radical (unpaired) electrons. The van der Waals surface area contributed by atoms with Crippen molar-refractivity contribution in [3.63, 3.8) is 0 Å². The molecule has 0 atom stereocenters. The Balaban J connectivity index is 2.39. The summed E-state index contributed by atoms with van der Waals surface area (Å²) >= 11 is 11.3. The predicted octanol–water partition coefficient (Wildman–Crippen LogP) is 4.87. The van der Waals surface area contributed by atoms with Gasteiger partial charge in [0.25, 0.3) is 0 Å². The lowest BCUT2D eigenvalue weighted by atomic mass is 10.1. The van der Waals surface area contributed by atoms with Crippen LogP contribution in [0.1, 0.15) is 5.56 Å². The van der Waals surface area contributed by atoms with E-state index in [9.17, 15) is 8.78 Å². The van der Waals surface area contributed by atoms with Gasteiger partial charge < -0.3 is 11.1 Å². The third kappa shape index (κ3) is 3.16. The van der Waals surface area contributed by atoms with Crippen LogP contribution in [0.5, 0.6) is 0 Å². The van der Waals surface area contributed by atoms with E-state index >= 15 is 0 Å². The molecule has 20 heavy (non-hydrogen) atoms. The molecular formula is C13H8Br2F2N2S. The minimum Gasteiger partial charge on any atom is -0.389 e. The van der Waals surface area contributed by atoms with Gasteiger partial charge >= 0.3 is 0 Å². The summed E-state index contributed by atoms with van der Waals surface area (Å²) in [5.41, 5.74) is 5.82. The summed E-state index contributed by atoms with van der Waals surface area (Å²) in [5.74, 6) is -2.08. The van der Waals surface area contributed by atoms with E-state index < -0.39 is 11.6 Å². The van der Waals surface area contributed by atoms with E-state index in [1.807, 2.05) is 0 Å². The van der Waals surface area contributed by atoms with Gasteiger partial charge in [-0.05, 0) is 46.3 Å². The van der Waals surface area contributed by atoms with Crippen LogP contribution in [0, 0.1) is 11.6 Å². The summed E-state index contributed by atoms with van der Waals surface area (Å²) in [5, 5.41) is 2.81. The predicted molar refractivity (Wildman–Crippen MR) is 87.4 cm³/mol. The molecule has 2 aromatic rings. The Morgan fingerprint density at radius 1 is 1.05 bits per heavy atom. The molecule has 0 aliphatic rings. The van der Waals surface area contributed by atoms with Gasteiger partial charge in [-0.2, -0.15) is 0 Å². The Bertz CT molecular complexity index is 692. The van der Waals surface area contributed by atoms with E-state index in [1.165, 1.54) is 12.1 Å². The summed E-state index contributed by atoms with van der Waals surface area (Å²) in [7, 11) is 0. The van der Waals surface area contributed by atoms with Crippen molar-refractivity contribution in [3.8, 4) is 0 Å². The average Bonchev–Trinajstić information content (AvgIpc) is 2.37. The third-order valence-electron chi connectivity index (χ3n) is 2.55. The van der Waals surface area contributed by atoms with E-state index in [2.05, 4.69) is 49.4 Å². The number of halogens is 4. The first-order valence-electron chi connectivity index (χ1n) is 5.40. The lowest BCUT2D eigenvalue weighted by Gasteiger charge is -2.11. The van der Waals surface area contributed by atoms with Crippen LogP contribution in [0.15, 0.2) is 39.3 Å². The molecule has 0 saturated heterocycles. The van der Waals surface area contributed by atoms with Crippen LogP contribution in [0.3, 0.4) is 0 Å². The number of benzene rings is 2. The molecule has 0 aliphatic carbocycles. The zero-order valence-electron chi connectivity index (χ0n) is 9.88. The van der Waals surface area contributed by atoms with Crippen LogP contribution >= 0.6 is 44.1 Å². The lowest BCUT2D eigenvalue weighted by molar-refractivity contribution is 0.510. The first-order chi connectivity index (χ1) is 9.40. The molecule has 0 bridgehead atoms. The van der Waals surface area contributed by atoms with Crippen LogP contribution in [0.4, 0.5) is 20.2 Å². The van der Waals surface area contributed by atoms with Gasteiger partial charge in [0.2, 0.25) is 0 Å². The van der Waals surface area contributed by atoms with Crippen LogP contribution < -0.4 is 11.1 Å². The fraction of sp³-hybridized carbons (Fsp3) is 0. The minimum atomic E-state index is -1.06. The van der Waals surface area contributed by atoms with E-state index in [4.69, 9.17) is 5.73 Å². The van der Waals surface area contributed by atoms with E-state index in [1.54, 1.807) is 18.2 Å². The van der Waals surface area contributed by atoms with Crippen molar-refractivity contribution in [1.29, 1.82) is 0 Å². The fourth-order valence-electron chi connectivity index (χ4n) is 1.57. The second-order valence-corrected chi connectivity index (χ2v) is 6.11. The first kappa shape index (κ1) is 15.3. The normalized spacial score (nSPS) is 10.4. The van der Waals surface area contributed by atoms with Crippen molar-refractivity contribution in [2.45, 2.75) is 0 Å². The molecule has 0 heterocycles. The minimum absolute atomic E-state index is 0.00511. The highest BCUT2D eigenvalue weighted by Crippen LogP contribution is 2.30. The summed E-state index contributed by atoms with van der Waals surface area (Å²) in [6, 6.07) is 8.04. The second-order valence-electron chi connectivity index (χ2n) is 3.90.